The molecule has 0 aliphatic heterocycles. The molecule has 0 unspecified atom stereocenters. The molecule has 2 aromatic carbocycles. The number of halogens is 3. The molecule has 2 rings (SSSR count). The fourth-order valence-electron chi connectivity index (χ4n) is 1.65. The zero-order valence-corrected chi connectivity index (χ0v) is 12.9. The van der Waals surface area contributed by atoms with E-state index in [1.54, 1.807) is 31.2 Å². The SMILES string of the molecule is Cc1cc(F)cc(C(=O)Nc2ccc(Cl)cc2I)c1. The van der Waals surface area contributed by atoms with Crippen LogP contribution < -0.4 is 5.32 Å². The van der Waals surface area contributed by atoms with Crippen LogP contribution in [0.4, 0.5) is 10.1 Å². The number of carbonyl (C=O) groups is 1. The molecule has 1 amide bonds. The van der Waals surface area contributed by atoms with Crippen molar-refractivity contribution in [2.45, 2.75) is 6.92 Å². The Labute approximate surface area is 129 Å². The number of rotatable bonds is 2. The van der Waals surface area contributed by atoms with E-state index in [9.17, 15) is 9.18 Å². The highest BCUT2D eigenvalue weighted by Gasteiger charge is 2.10. The summed E-state index contributed by atoms with van der Waals surface area (Å²) in [5.74, 6) is -0.765. The van der Waals surface area contributed by atoms with Crippen molar-refractivity contribution in [2.24, 2.45) is 0 Å². The maximum Gasteiger partial charge on any atom is 0.255 e. The van der Waals surface area contributed by atoms with Crippen molar-refractivity contribution in [3.05, 3.63) is 61.9 Å². The van der Waals surface area contributed by atoms with Crippen molar-refractivity contribution >= 4 is 45.8 Å². The van der Waals surface area contributed by atoms with Crippen molar-refractivity contribution in [3.63, 3.8) is 0 Å². The zero-order valence-electron chi connectivity index (χ0n) is 10.0. The molecule has 19 heavy (non-hydrogen) atoms. The van der Waals surface area contributed by atoms with Gasteiger partial charge in [-0.05, 0) is 71.5 Å². The lowest BCUT2D eigenvalue weighted by molar-refractivity contribution is 0.102. The molecule has 2 nitrogen and oxygen atoms in total. The maximum atomic E-state index is 13.3. The number of anilines is 1. The van der Waals surface area contributed by atoms with Crippen LogP contribution in [0.15, 0.2) is 36.4 Å². The number of aryl methyl sites for hydroxylation is 1. The molecule has 0 radical (unpaired) electrons. The first kappa shape index (κ1) is 14.3. The highest BCUT2D eigenvalue weighted by molar-refractivity contribution is 14.1. The van der Waals surface area contributed by atoms with Crippen LogP contribution in [0.5, 0.6) is 0 Å². The van der Waals surface area contributed by atoms with E-state index >= 15 is 0 Å². The summed E-state index contributed by atoms with van der Waals surface area (Å²) in [5.41, 5.74) is 1.65. The molecule has 0 fully saturated rings. The fraction of sp³-hybridized carbons (Fsp3) is 0.0714. The van der Waals surface area contributed by atoms with Crippen LogP contribution in [0.2, 0.25) is 5.02 Å². The third kappa shape index (κ3) is 3.67. The minimum Gasteiger partial charge on any atom is -0.321 e. The van der Waals surface area contributed by atoms with Gasteiger partial charge in [0, 0.05) is 14.2 Å². The van der Waals surface area contributed by atoms with Gasteiger partial charge in [-0.15, -0.1) is 0 Å². The first-order valence-corrected chi connectivity index (χ1v) is 6.95. The molecular formula is C14H10ClFINO. The molecule has 2 aromatic rings. The van der Waals surface area contributed by atoms with E-state index in [1.807, 2.05) is 0 Å². The molecule has 0 spiro atoms. The molecule has 0 bridgehead atoms. The average molecular weight is 390 g/mol. The molecule has 0 aliphatic carbocycles. The highest BCUT2D eigenvalue weighted by atomic mass is 127. The fourth-order valence-corrected chi connectivity index (χ4v) is 2.66. The van der Waals surface area contributed by atoms with Crippen LogP contribution in [-0.2, 0) is 0 Å². The van der Waals surface area contributed by atoms with Crippen LogP contribution in [-0.4, -0.2) is 5.91 Å². The van der Waals surface area contributed by atoms with Gasteiger partial charge in [0.1, 0.15) is 5.82 Å². The minimum absolute atomic E-state index is 0.295. The Bertz CT molecular complexity index is 625. The van der Waals surface area contributed by atoms with Crippen molar-refractivity contribution in [3.8, 4) is 0 Å². The molecule has 0 aliphatic rings. The summed E-state index contributed by atoms with van der Waals surface area (Å²) in [5, 5.41) is 3.34. The molecule has 98 valence electrons. The van der Waals surface area contributed by atoms with E-state index in [0.29, 0.717) is 21.8 Å². The van der Waals surface area contributed by atoms with Crippen LogP contribution in [0.1, 0.15) is 15.9 Å². The molecule has 5 heteroatoms. The molecule has 1 N–H and O–H groups in total. The average Bonchev–Trinajstić information content (AvgIpc) is 2.31. The van der Waals surface area contributed by atoms with Gasteiger partial charge in [-0.2, -0.15) is 0 Å². The van der Waals surface area contributed by atoms with E-state index in [1.165, 1.54) is 12.1 Å². The molecular weight excluding hydrogens is 380 g/mol. The van der Waals surface area contributed by atoms with Gasteiger partial charge in [0.15, 0.2) is 0 Å². The van der Waals surface area contributed by atoms with Crippen LogP contribution in [0.3, 0.4) is 0 Å². The third-order valence-electron chi connectivity index (χ3n) is 2.48. The molecule has 0 aromatic heterocycles. The van der Waals surface area contributed by atoms with Crippen LogP contribution >= 0.6 is 34.2 Å². The van der Waals surface area contributed by atoms with Crippen molar-refractivity contribution in [2.75, 3.05) is 5.32 Å². The van der Waals surface area contributed by atoms with E-state index in [4.69, 9.17) is 11.6 Å². The maximum absolute atomic E-state index is 13.3. The van der Waals surface area contributed by atoms with E-state index in [0.717, 1.165) is 3.57 Å². The van der Waals surface area contributed by atoms with Gasteiger partial charge in [-0.1, -0.05) is 11.6 Å². The Balaban J connectivity index is 2.25. The van der Waals surface area contributed by atoms with Gasteiger partial charge in [0.25, 0.3) is 5.91 Å². The van der Waals surface area contributed by atoms with Gasteiger partial charge < -0.3 is 5.32 Å². The lowest BCUT2D eigenvalue weighted by Crippen LogP contribution is -2.13. The Morgan fingerprint density at radius 3 is 2.63 bits per heavy atom. The summed E-state index contributed by atoms with van der Waals surface area (Å²) in [6, 6.07) is 9.38. The number of hydrogen-bond acceptors (Lipinski definition) is 1. The van der Waals surface area contributed by atoms with Crippen LogP contribution in [0.25, 0.3) is 0 Å². The summed E-state index contributed by atoms with van der Waals surface area (Å²) >= 11 is 7.92. The standard InChI is InChI=1S/C14H10ClFINO/c1-8-4-9(6-11(16)5-8)14(19)18-13-3-2-10(15)7-12(13)17/h2-7H,1H3,(H,18,19). The Morgan fingerprint density at radius 1 is 1.26 bits per heavy atom. The van der Waals surface area contributed by atoms with Gasteiger partial charge in [0.2, 0.25) is 0 Å². The minimum atomic E-state index is -0.420. The summed E-state index contributed by atoms with van der Waals surface area (Å²) in [6.45, 7) is 1.74. The largest absolute Gasteiger partial charge is 0.321 e. The molecule has 0 heterocycles. The molecule has 0 atom stereocenters. The predicted octanol–water partition coefficient (Wildman–Crippen LogP) is 4.64. The topological polar surface area (TPSA) is 29.1 Å². The smallest absolute Gasteiger partial charge is 0.255 e. The van der Waals surface area contributed by atoms with E-state index in [2.05, 4.69) is 27.9 Å². The summed E-state index contributed by atoms with van der Waals surface area (Å²) in [7, 11) is 0. The molecule has 0 saturated heterocycles. The number of carbonyl (C=O) groups excluding carboxylic acids is 1. The van der Waals surface area contributed by atoms with Crippen LogP contribution in [0, 0.1) is 16.3 Å². The van der Waals surface area contributed by atoms with Gasteiger partial charge in [0.05, 0.1) is 5.69 Å². The van der Waals surface area contributed by atoms with Gasteiger partial charge in [-0.3, -0.25) is 4.79 Å². The van der Waals surface area contributed by atoms with Crippen molar-refractivity contribution in [1.82, 2.24) is 0 Å². The quantitative estimate of drug-likeness (QED) is 0.745. The lowest BCUT2D eigenvalue weighted by Gasteiger charge is -2.08. The van der Waals surface area contributed by atoms with Gasteiger partial charge in [-0.25, -0.2) is 4.39 Å². The van der Waals surface area contributed by atoms with Crippen molar-refractivity contribution < 1.29 is 9.18 Å². The Hall–Kier alpha value is -1.14. The summed E-state index contributed by atoms with van der Waals surface area (Å²) in [4.78, 5) is 12.0. The monoisotopic (exact) mass is 389 g/mol. The van der Waals surface area contributed by atoms with Crippen molar-refractivity contribution in [1.29, 1.82) is 0 Å². The first-order valence-electron chi connectivity index (χ1n) is 5.49. The predicted molar refractivity (Wildman–Crippen MR) is 83.3 cm³/mol. The normalized spacial score (nSPS) is 10.3. The molecule has 0 saturated carbocycles. The lowest BCUT2D eigenvalue weighted by atomic mass is 10.1. The Morgan fingerprint density at radius 2 is 2.00 bits per heavy atom. The second-order valence-electron chi connectivity index (χ2n) is 4.10. The second kappa shape index (κ2) is 5.88. The number of benzene rings is 2. The second-order valence-corrected chi connectivity index (χ2v) is 5.69. The van der Waals surface area contributed by atoms with E-state index < -0.39 is 5.82 Å². The summed E-state index contributed by atoms with van der Waals surface area (Å²) < 4.78 is 14.1. The summed E-state index contributed by atoms with van der Waals surface area (Å²) in [6.07, 6.45) is 0. The third-order valence-corrected chi connectivity index (χ3v) is 3.61. The Kier molecular flexibility index (Phi) is 4.42. The van der Waals surface area contributed by atoms with Gasteiger partial charge >= 0.3 is 0 Å². The number of nitrogens with one attached hydrogen (secondary N) is 1. The highest BCUT2D eigenvalue weighted by Crippen LogP contribution is 2.23. The number of amides is 1. The number of hydrogen-bond donors (Lipinski definition) is 1. The first-order chi connectivity index (χ1) is 8.95. The van der Waals surface area contributed by atoms with E-state index in [-0.39, 0.29) is 5.91 Å². The zero-order chi connectivity index (χ0) is 14.0.